The number of aromatic carboxylic acids is 1. The van der Waals surface area contributed by atoms with E-state index in [1.54, 1.807) is 31.4 Å². The first-order valence-corrected chi connectivity index (χ1v) is 9.51. The number of ether oxygens (including phenoxy) is 1. The van der Waals surface area contributed by atoms with Gasteiger partial charge in [0.05, 0.1) is 17.6 Å². The number of rotatable bonds is 7. The molecule has 3 aromatic rings. The van der Waals surface area contributed by atoms with Crippen molar-refractivity contribution in [1.82, 2.24) is 9.97 Å². The van der Waals surface area contributed by atoms with Gasteiger partial charge in [-0.15, -0.1) is 0 Å². The van der Waals surface area contributed by atoms with E-state index in [-0.39, 0.29) is 5.56 Å². The van der Waals surface area contributed by atoms with Crippen LogP contribution in [0.15, 0.2) is 36.4 Å². The molecule has 0 bridgehead atoms. The zero-order chi connectivity index (χ0) is 19.4. The highest BCUT2D eigenvalue weighted by molar-refractivity contribution is 7.17. The molecule has 0 spiro atoms. The highest BCUT2D eigenvalue weighted by atomic mass is 32.1. The first kappa shape index (κ1) is 18.8. The largest absolute Gasteiger partial charge is 0.487 e. The smallest absolute Gasteiger partial charge is 0.335 e. The molecule has 2 heterocycles. The van der Waals surface area contributed by atoms with Crippen LogP contribution in [0.1, 0.15) is 35.5 Å². The Bertz CT molecular complexity index is 952. The lowest BCUT2D eigenvalue weighted by atomic mass is 10.1. The monoisotopic (exact) mass is 383 g/mol. The van der Waals surface area contributed by atoms with Gasteiger partial charge < -0.3 is 15.2 Å². The van der Waals surface area contributed by atoms with Gasteiger partial charge in [-0.05, 0) is 49.2 Å². The van der Waals surface area contributed by atoms with Crippen LogP contribution >= 0.6 is 11.3 Å². The number of thiophene rings is 1. The maximum absolute atomic E-state index is 11.0. The summed E-state index contributed by atoms with van der Waals surface area (Å²) < 4.78 is 5.27. The number of hydrogen-bond acceptors (Lipinski definition) is 6. The molecule has 0 aliphatic heterocycles. The van der Waals surface area contributed by atoms with Gasteiger partial charge in [0.15, 0.2) is 10.9 Å². The van der Waals surface area contributed by atoms with Crippen LogP contribution in [-0.4, -0.2) is 28.2 Å². The lowest BCUT2D eigenvalue weighted by molar-refractivity contribution is 0.0697. The van der Waals surface area contributed by atoms with E-state index < -0.39 is 5.97 Å². The lowest BCUT2D eigenvalue weighted by Gasteiger charge is -2.15. The minimum atomic E-state index is -0.944. The highest BCUT2D eigenvalue weighted by Crippen LogP contribution is 2.33. The van der Waals surface area contributed by atoms with Crippen molar-refractivity contribution in [1.29, 1.82) is 0 Å². The summed E-state index contributed by atoms with van der Waals surface area (Å²) >= 11 is 1.50. The molecular weight excluding hydrogens is 362 g/mol. The maximum Gasteiger partial charge on any atom is 0.335 e. The summed E-state index contributed by atoms with van der Waals surface area (Å²) in [5, 5.41) is 13.2. The molecule has 2 N–H and O–H groups in total. The Balaban J connectivity index is 2.01. The van der Waals surface area contributed by atoms with Crippen LogP contribution in [0, 0.1) is 0 Å². The molecule has 0 unspecified atom stereocenters. The Hall–Kier alpha value is -2.93. The van der Waals surface area contributed by atoms with Crippen LogP contribution < -0.4 is 10.1 Å². The molecule has 6 nitrogen and oxygen atoms in total. The first-order chi connectivity index (χ1) is 13.0. The van der Waals surface area contributed by atoms with Crippen molar-refractivity contribution < 1.29 is 14.6 Å². The number of nitrogens with one attached hydrogen (secondary N) is 1. The number of aryl methyl sites for hydroxylation is 1. The number of carboxylic acid groups (broad SMARTS) is 1. The number of anilines is 2. The van der Waals surface area contributed by atoms with E-state index in [0.29, 0.717) is 5.82 Å². The summed E-state index contributed by atoms with van der Waals surface area (Å²) in [6.07, 6.45) is 1.60. The SMILES string of the molecule is CCc1nc(-c2ccc(OC)s2)nc(Nc2ccc(C(=O)O)cc2)c1CC. The summed E-state index contributed by atoms with van der Waals surface area (Å²) in [6.45, 7) is 4.15. The molecule has 1 aromatic carbocycles. The average molecular weight is 383 g/mol. The van der Waals surface area contributed by atoms with E-state index in [9.17, 15) is 4.79 Å². The number of benzene rings is 1. The van der Waals surface area contributed by atoms with Crippen LogP contribution in [0.25, 0.3) is 10.7 Å². The van der Waals surface area contributed by atoms with Gasteiger partial charge in [0.2, 0.25) is 0 Å². The van der Waals surface area contributed by atoms with E-state index in [2.05, 4.69) is 19.2 Å². The maximum atomic E-state index is 11.0. The molecule has 140 valence electrons. The number of carbonyl (C=O) groups is 1. The number of hydrogen-bond donors (Lipinski definition) is 2. The Morgan fingerprint density at radius 2 is 1.85 bits per heavy atom. The van der Waals surface area contributed by atoms with Crippen molar-refractivity contribution in [3.8, 4) is 15.8 Å². The molecule has 7 heteroatoms. The Morgan fingerprint density at radius 1 is 1.11 bits per heavy atom. The van der Waals surface area contributed by atoms with E-state index in [0.717, 1.165) is 45.5 Å². The van der Waals surface area contributed by atoms with Gasteiger partial charge in [-0.1, -0.05) is 25.2 Å². The van der Waals surface area contributed by atoms with E-state index in [4.69, 9.17) is 19.8 Å². The van der Waals surface area contributed by atoms with Crippen molar-refractivity contribution in [3.63, 3.8) is 0 Å². The normalized spacial score (nSPS) is 10.6. The Morgan fingerprint density at radius 3 is 2.41 bits per heavy atom. The summed E-state index contributed by atoms with van der Waals surface area (Å²) in [5.41, 5.74) is 3.09. The summed E-state index contributed by atoms with van der Waals surface area (Å²) in [6, 6.07) is 10.5. The first-order valence-electron chi connectivity index (χ1n) is 8.70. The number of carboxylic acids is 1. The highest BCUT2D eigenvalue weighted by Gasteiger charge is 2.15. The predicted octanol–water partition coefficient (Wildman–Crippen LogP) is 4.78. The van der Waals surface area contributed by atoms with Crippen molar-refractivity contribution in [2.75, 3.05) is 12.4 Å². The van der Waals surface area contributed by atoms with Gasteiger partial charge in [0.1, 0.15) is 5.82 Å². The van der Waals surface area contributed by atoms with Gasteiger partial charge in [-0.2, -0.15) is 0 Å². The van der Waals surface area contributed by atoms with E-state index in [1.165, 1.54) is 11.3 Å². The van der Waals surface area contributed by atoms with Crippen LogP contribution in [0.3, 0.4) is 0 Å². The molecule has 0 amide bonds. The Labute approximate surface area is 161 Å². The fourth-order valence-corrected chi connectivity index (χ4v) is 3.55. The van der Waals surface area contributed by atoms with Gasteiger partial charge in [-0.25, -0.2) is 14.8 Å². The quantitative estimate of drug-likeness (QED) is 0.611. The molecule has 2 aromatic heterocycles. The second-order valence-corrected chi connectivity index (χ2v) is 6.90. The third-order valence-electron chi connectivity index (χ3n) is 4.18. The molecule has 27 heavy (non-hydrogen) atoms. The van der Waals surface area contributed by atoms with Crippen LogP contribution in [-0.2, 0) is 12.8 Å². The van der Waals surface area contributed by atoms with Crippen LogP contribution in [0.5, 0.6) is 5.06 Å². The molecule has 0 saturated heterocycles. The molecule has 0 aliphatic carbocycles. The molecular formula is C20H21N3O3S. The predicted molar refractivity (Wildman–Crippen MR) is 107 cm³/mol. The van der Waals surface area contributed by atoms with Crippen molar-refractivity contribution in [3.05, 3.63) is 53.2 Å². The summed E-state index contributed by atoms with van der Waals surface area (Å²) in [7, 11) is 1.64. The average Bonchev–Trinajstić information content (AvgIpc) is 3.17. The number of aromatic nitrogens is 2. The van der Waals surface area contributed by atoms with Crippen molar-refractivity contribution >= 4 is 28.8 Å². The molecule has 0 aliphatic rings. The summed E-state index contributed by atoms with van der Waals surface area (Å²) in [4.78, 5) is 21.5. The topological polar surface area (TPSA) is 84.3 Å². The van der Waals surface area contributed by atoms with Gasteiger partial charge in [0.25, 0.3) is 0 Å². The number of methoxy groups -OCH3 is 1. The van der Waals surface area contributed by atoms with E-state index >= 15 is 0 Å². The molecule has 0 fully saturated rings. The van der Waals surface area contributed by atoms with Gasteiger partial charge in [-0.3, -0.25) is 0 Å². The Kier molecular flexibility index (Phi) is 5.71. The number of nitrogens with zero attached hydrogens (tertiary/aromatic N) is 2. The lowest BCUT2D eigenvalue weighted by Crippen LogP contribution is -2.07. The van der Waals surface area contributed by atoms with Crippen LogP contribution in [0.2, 0.25) is 0 Å². The zero-order valence-electron chi connectivity index (χ0n) is 15.4. The van der Waals surface area contributed by atoms with Gasteiger partial charge >= 0.3 is 5.97 Å². The summed E-state index contributed by atoms with van der Waals surface area (Å²) in [5.74, 6) is 0.455. The zero-order valence-corrected chi connectivity index (χ0v) is 16.3. The second-order valence-electron chi connectivity index (χ2n) is 5.86. The molecule has 3 rings (SSSR count). The van der Waals surface area contributed by atoms with Crippen LogP contribution in [0.4, 0.5) is 11.5 Å². The minimum absolute atomic E-state index is 0.250. The van der Waals surface area contributed by atoms with E-state index in [1.807, 2.05) is 12.1 Å². The van der Waals surface area contributed by atoms with Gasteiger partial charge in [0, 0.05) is 16.9 Å². The van der Waals surface area contributed by atoms with Crippen molar-refractivity contribution in [2.45, 2.75) is 26.7 Å². The second kappa shape index (κ2) is 8.18. The molecule has 0 atom stereocenters. The third kappa shape index (κ3) is 4.09. The molecule has 0 saturated carbocycles. The fourth-order valence-electron chi connectivity index (χ4n) is 2.79. The fraction of sp³-hybridized carbons (Fsp3) is 0.250. The molecule has 0 radical (unpaired) electrons. The van der Waals surface area contributed by atoms with Crippen molar-refractivity contribution in [2.24, 2.45) is 0 Å². The minimum Gasteiger partial charge on any atom is -0.487 e. The third-order valence-corrected chi connectivity index (χ3v) is 5.22. The standard InChI is InChI=1S/C20H21N3O3S/c1-4-14-15(5-2)22-19(16-10-11-17(26-3)27-16)23-18(14)21-13-8-6-12(7-9-13)20(24)25/h6-11H,4-5H2,1-3H3,(H,24,25)(H,21,22,23).